The summed E-state index contributed by atoms with van der Waals surface area (Å²) in [6.07, 6.45) is 3.58. The summed E-state index contributed by atoms with van der Waals surface area (Å²) in [5.74, 6) is 0. The quantitative estimate of drug-likeness (QED) is 0.870. The molecule has 0 aliphatic heterocycles. The van der Waals surface area contributed by atoms with Gasteiger partial charge in [-0.25, -0.2) is 8.42 Å². The summed E-state index contributed by atoms with van der Waals surface area (Å²) in [6, 6.07) is 8.08. The number of sulfone groups is 1. The van der Waals surface area contributed by atoms with Gasteiger partial charge in [0.05, 0.1) is 10.5 Å². The molecular formula is C13H17ClO3S. The van der Waals surface area contributed by atoms with Gasteiger partial charge in [0.2, 0.25) is 0 Å². The van der Waals surface area contributed by atoms with Crippen LogP contribution in [0.3, 0.4) is 0 Å². The zero-order valence-electron chi connectivity index (χ0n) is 10.0. The number of hydrogen-bond donors (Lipinski definition) is 1. The van der Waals surface area contributed by atoms with Crippen molar-refractivity contribution in [3.63, 3.8) is 0 Å². The van der Waals surface area contributed by atoms with Crippen LogP contribution in [0, 0.1) is 0 Å². The molecule has 1 N–H and O–H groups in total. The van der Waals surface area contributed by atoms with Gasteiger partial charge in [-0.3, -0.25) is 0 Å². The summed E-state index contributed by atoms with van der Waals surface area (Å²) in [6.45, 7) is 0. The summed E-state index contributed by atoms with van der Waals surface area (Å²) in [7, 11) is -3.68. The molecule has 0 amide bonds. The third-order valence-corrected chi connectivity index (χ3v) is 6.51. The zero-order valence-corrected chi connectivity index (χ0v) is 11.6. The van der Waals surface area contributed by atoms with Gasteiger partial charge in [0, 0.05) is 0 Å². The third-order valence-electron chi connectivity index (χ3n) is 3.49. The predicted molar refractivity (Wildman–Crippen MR) is 71.3 cm³/mol. The molecule has 1 aliphatic rings. The summed E-state index contributed by atoms with van der Waals surface area (Å²) < 4.78 is 23.4. The standard InChI is InChI=1S/C13H17ClO3S/c14-12(13(15)9-5-2-6-10-13)18(16,17)11-7-3-1-4-8-11/h1,3-4,7-8,12,15H,2,5-6,9-10H2/t12-/m0/s1. The maximum Gasteiger partial charge on any atom is 0.198 e. The molecule has 0 unspecified atom stereocenters. The second kappa shape index (κ2) is 5.19. The molecule has 1 fully saturated rings. The molecule has 1 aromatic carbocycles. The molecular weight excluding hydrogens is 272 g/mol. The first kappa shape index (κ1) is 13.8. The molecule has 1 aromatic rings. The van der Waals surface area contributed by atoms with E-state index in [0.717, 1.165) is 19.3 Å². The van der Waals surface area contributed by atoms with Crippen LogP contribution in [0.4, 0.5) is 0 Å². The van der Waals surface area contributed by atoms with Gasteiger partial charge in [-0.1, -0.05) is 37.5 Å². The van der Waals surface area contributed by atoms with Gasteiger partial charge in [-0.15, -0.1) is 11.6 Å². The fourth-order valence-electron chi connectivity index (χ4n) is 2.41. The van der Waals surface area contributed by atoms with Crippen LogP contribution in [0.1, 0.15) is 32.1 Å². The lowest BCUT2D eigenvalue weighted by Crippen LogP contribution is -2.45. The Morgan fingerprint density at radius 2 is 1.67 bits per heavy atom. The minimum atomic E-state index is -3.68. The highest BCUT2D eigenvalue weighted by Gasteiger charge is 2.44. The maximum absolute atomic E-state index is 12.3. The molecule has 0 bridgehead atoms. The van der Waals surface area contributed by atoms with Crippen molar-refractivity contribution < 1.29 is 13.5 Å². The molecule has 0 heterocycles. The van der Waals surface area contributed by atoms with Crippen LogP contribution in [0.5, 0.6) is 0 Å². The highest BCUT2D eigenvalue weighted by atomic mass is 35.5. The second-order valence-electron chi connectivity index (χ2n) is 4.84. The van der Waals surface area contributed by atoms with E-state index >= 15 is 0 Å². The molecule has 5 heteroatoms. The Labute approximate surface area is 113 Å². The fraction of sp³-hybridized carbons (Fsp3) is 0.538. The van der Waals surface area contributed by atoms with Crippen molar-refractivity contribution in [3.8, 4) is 0 Å². The molecule has 1 aliphatic carbocycles. The minimum absolute atomic E-state index is 0.170. The lowest BCUT2D eigenvalue weighted by atomic mass is 9.86. The Morgan fingerprint density at radius 1 is 1.11 bits per heavy atom. The van der Waals surface area contributed by atoms with E-state index in [2.05, 4.69) is 0 Å². The third kappa shape index (κ3) is 2.56. The number of benzene rings is 1. The van der Waals surface area contributed by atoms with Crippen molar-refractivity contribution in [1.29, 1.82) is 0 Å². The smallest absolute Gasteiger partial charge is 0.198 e. The molecule has 1 atom stereocenters. The summed E-state index contributed by atoms with van der Waals surface area (Å²) in [5.41, 5.74) is -1.30. The summed E-state index contributed by atoms with van der Waals surface area (Å²) in [5, 5.41) is 10.4. The van der Waals surface area contributed by atoms with Crippen LogP contribution in [-0.2, 0) is 9.84 Å². The molecule has 100 valence electrons. The van der Waals surface area contributed by atoms with Gasteiger partial charge in [0.15, 0.2) is 14.5 Å². The first-order valence-corrected chi connectivity index (χ1v) is 8.10. The topological polar surface area (TPSA) is 54.4 Å². The average Bonchev–Trinajstić information content (AvgIpc) is 2.40. The monoisotopic (exact) mass is 288 g/mol. The van der Waals surface area contributed by atoms with Crippen LogP contribution < -0.4 is 0 Å². The fourth-order valence-corrected chi connectivity index (χ4v) is 4.52. The van der Waals surface area contributed by atoms with Crippen LogP contribution >= 0.6 is 11.6 Å². The van der Waals surface area contributed by atoms with E-state index in [9.17, 15) is 13.5 Å². The van der Waals surface area contributed by atoms with E-state index in [1.54, 1.807) is 18.2 Å². The van der Waals surface area contributed by atoms with Gasteiger partial charge >= 0.3 is 0 Å². The number of rotatable bonds is 3. The van der Waals surface area contributed by atoms with Crippen molar-refractivity contribution in [2.24, 2.45) is 0 Å². The van der Waals surface area contributed by atoms with E-state index in [4.69, 9.17) is 11.6 Å². The van der Waals surface area contributed by atoms with Crippen molar-refractivity contribution in [2.45, 2.75) is 47.3 Å². The second-order valence-corrected chi connectivity index (χ2v) is 7.57. The maximum atomic E-state index is 12.3. The van der Waals surface area contributed by atoms with E-state index in [1.165, 1.54) is 12.1 Å². The molecule has 2 rings (SSSR count). The number of aliphatic hydroxyl groups is 1. The molecule has 3 nitrogen and oxygen atoms in total. The number of halogens is 1. The first-order valence-electron chi connectivity index (χ1n) is 6.12. The molecule has 0 saturated heterocycles. The lowest BCUT2D eigenvalue weighted by Gasteiger charge is -2.35. The summed E-state index contributed by atoms with van der Waals surface area (Å²) in [4.78, 5) is 0.170. The first-order chi connectivity index (χ1) is 8.47. The van der Waals surface area contributed by atoms with Crippen molar-refractivity contribution in [3.05, 3.63) is 30.3 Å². The highest BCUT2D eigenvalue weighted by Crippen LogP contribution is 2.38. The largest absolute Gasteiger partial charge is 0.387 e. The van der Waals surface area contributed by atoms with Crippen molar-refractivity contribution >= 4 is 21.4 Å². The van der Waals surface area contributed by atoms with Gasteiger partial charge in [0.25, 0.3) is 0 Å². The number of hydrogen-bond acceptors (Lipinski definition) is 3. The molecule has 0 radical (unpaired) electrons. The molecule has 1 saturated carbocycles. The Morgan fingerprint density at radius 3 is 2.22 bits per heavy atom. The summed E-state index contributed by atoms with van der Waals surface area (Å²) >= 11 is 6.09. The zero-order chi connectivity index (χ0) is 13.2. The van der Waals surface area contributed by atoms with Crippen LogP contribution in [-0.4, -0.2) is 23.8 Å². The normalized spacial score (nSPS) is 21.4. The Balaban J connectivity index is 2.30. The van der Waals surface area contributed by atoms with E-state index < -0.39 is 20.1 Å². The van der Waals surface area contributed by atoms with Gasteiger partial charge < -0.3 is 5.11 Å². The Hall–Kier alpha value is -0.580. The average molecular weight is 289 g/mol. The van der Waals surface area contributed by atoms with E-state index in [1.807, 2.05) is 0 Å². The van der Waals surface area contributed by atoms with Crippen LogP contribution in [0.15, 0.2) is 35.2 Å². The van der Waals surface area contributed by atoms with E-state index in [-0.39, 0.29) is 4.90 Å². The molecule has 0 spiro atoms. The Kier molecular flexibility index (Phi) is 3.99. The van der Waals surface area contributed by atoms with Crippen molar-refractivity contribution in [1.82, 2.24) is 0 Å². The van der Waals surface area contributed by atoms with Gasteiger partial charge in [0.1, 0.15) is 0 Å². The Bertz CT molecular complexity index is 492. The van der Waals surface area contributed by atoms with Crippen LogP contribution in [0.2, 0.25) is 0 Å². The van der Waals surface area contributed by atoms with Crippen molar-refractivity contribution in [2.75, 3.05) is 0 Å². The minimum Gasteiger partial charge on any atom is -0.387 e. The lowest BCUT2D eigenvalue weighted by molar-refractivity contribution is 0.0167. The predicted octanol–water partition coefficient (Wildman–Crippen LogP) is 2.72. The van der Waals surface area contributed by atoms with Gasteiger partial charge in [-0.05, 0) is 25.0 Å². The molecule has 18 heavy (non-hydrogen) atoms. The van der Waals surface area contributed by atoms with Crippen LogP contribution in [0.25, 0.3) is 0 Å². The highest BCUT2D eigenvalue weighted by molar-refractivity contribution is 7.93. The van der Waals surface area contributed by atoms with E-state index in [0.29, 0.717) is 12.8 Å². The molecule has 0 aromatic heterocycles. The SMILES string of the molecule is O=S(=O)(c1ccccc1)[C@H](Cl)C1(O)CCCCC1. The number of alkyl halides is 1. The van der Waals surface area contributed by atoms with Gasteiger partial charge in [-0.2, -0.15) is 0 Å².